The summed E-state index contributed by atoms with van der Waals surface area (Å²) in [5.41, 5.74) is 6.09. The van der Waals surface area contributed by atoms with Gasteiger partial charge in [-0.25, -0.2) is 0 Å². The van der Waals surface area contributed by atoms with E-state index in [0.717, 1.165) is 12.8 Å². The third-order valence-corrected chi connectivity index (χ3v) is 1.95. The van der Waals surface area contributed by atoms with Crippen LogP contribution >= 0.6 is 0 Å². The van der Waals surface area contributed by atoms with Gasteiger partial charge in [0.05, 0.1) is 13.2 Å². The Labute approximate surface area is 95.4 Å². The molecule has 0 aliphatic carbocycles. The molecular weight excluding hydrogens is 209 g/mol. The minimum absolute atomic E-state index is 0.160. The number of hydrogen-bond donors (Lipinski definition) is 1. The molecule has 90 valence electrons. The van der Waals surface area contributed by atoms with Gasteiger partial charge in [0.15, 0.2) is 11.5 Å². The highest BCUT2D eigenvalue weighted by Gasteiger charge is 2.12. The lowest BCUT2D eigenvalue weighted by atomic mass is 10.2. The topological polar surface area (TPSA) is 44.5 Å². The van der Waals surface area contributed by atoms with Crippen molar-refractivity contribution in [1.82, 2.24) is 0 Å². The number of nitrogen functional groups attached to an aromatic ring is 1. The average molecular weight is 227 g/mol. The Balaban J connectivity index is 2.86. The summed E-state index contributed by atoms with van der Waals surface area (Å²) in [4.78, 5) is 0. The lowest BCUT2D eigenvalue weighted by Gasteiger charge is -2.11. The Bertz CT molecular complexity index is 313. The molecule has 0 heterocycles. The molecule has 0 saturated heterocycles. The van der Waals surface area contributed by atoms with Gasteiger partial charge >= 0.3 is 0 Å². The minimum Gasteiger partial charge on any atom is -0.490 e. The Morgan fingerprint density at radius 2 is 1.50 bits per heavy atom. The SMILES string of the molecule is CCCOc1cc(N)cc(OCCC)c1F. The molecule has 3 nitrogen and oxygen atoms in total. The van der Waals surface area contributed by atoms with Crippen molar-refractivity contribution in [2.24, 2.45) is 0 Å². The molecule has 0 bridgehead atoms. The Kier molecular flexibility index (Phi) is 4.89. The van der Waals surface area contributed by atoms with E-state index in [4.69, 9.17) is 15.2 Å². The van der Waals surface area contributed by atoms with E-state index in [-0.39, 0.29) is 11.5 Å². The van der Waals surface area contributed by atoms with Crippen LogP contribution in [0.1, 0.15) is 26.7 Å². The highest BCUT2D eigenvalue weighted by Crippen LogP contribution is 2.30. The fourth-order valence-electron chi connectivity index (χ4n) is 1.23. The van der Waals surface area contributed by atoms with Gasteiger partial charge in [-0.3, -0.25) is 0 Å². The van der Waals surface area contributed by atoms with Gasteiger partial charge < -0.3 is 15.2 Å². The van der Waals surface area contributed by atoms with Crippen molar-refractivity contribution < 1.29 is 13.9 Å². The van der Waals surface area contributed by atoms with Crippen molar-refractivity contribution in [3.8, 4) is 11.5 Å². The molecule has 0 atom stereocenters. The molecule has 0 unspecified atom stereocenters. The first-order chi connectivity index (χ1) is 7.69. The second kappa shape index (κ2) is 6.20. The van der Waals surface area contributed by atoms with Gasteiger partial charge in [0.1, 0.15) is 0 Å². The number of benzene rings is 1. The first-order valence-electron chi connectivity index (χ1n) is 5.53. The van der Waals surface area contributed by atoms with E-state index in [9.17, 15) is 4.39 Å². The third kappa shape index (κ3) is 3.29. The first-order valence-corrected chi connectivity index (χ1v) is 5.53. The molecule has 1 rings (SSSR count). The lowest BCUT2D eigenvalue weighted by Crippen LogP contribution is -2.03. The highest BCUT2D eigenvalue weighted by molar-refractivity contribution is 5.51. The van der Waals surface area contributed by atoms with Crippen LogP contribution < -0.4 is 15.2 Å². The number of halogens is 1. The Hall–Kier alpha value is -1.45. The van der Waals surface area contributed by atoms with E-state index in [1.807, 2.05) is 13.8 Å². The predicted octanol–water partition coefficient (Wildman–Crippen LogP) is 2.99. The van der Waals surface area contributed by atoms with Gasteiger partial charge in [0.2, 0.25) is 5.82 Å². The van der Waals surface area contributed by atoms with Crippen LogP contribution in [-0.4, -0.2) is 13.2 Å². The summed E-state index contributed by atoms with van der Waals surface area (Å²) in [5.74, 6) is -0.156. The van der Waals surface area contributed by atoms with Gasteiger partial charge in [-0.1, -0.05) is 13.8 Å². The molecule has 0 aliphatic rings. The molecule has 0 aliphatic heterocycles. The van der Waals surface area contributed by atoms with Crippen molar-refractivity contribution >= 4 is 5.69 Å². The van der Waals surface area contributed by atoms with Crippen molar-refractivity contribution in [1.29, 1.82) is 0 Å². The summed E-state index contributed by atoms with van der Waals surface area (Å²) in [6.45, 7) is 4.85. The molecule has 0 spiro atoms. The average Bonchev–Trinajstić information content (AvgIpc) is 2.28. The van der Waals surface area contributed by atoms with Crippen LogP contribution in [0.3, 0.4) is 0 Å². The van der Waals surface area contributed by atoms with Crippen LogP contribution in [0.2, 0.25) is 0 Å². The third-order valence-electron chi connectivity index (χ3n) is 1.95. The zero-order chi connectivity index (χ0) is 12.0. The lowest BCUT2D eigenvalue weighted by molar-refractivity contribution is 0.274. The quantitative estimate of drug-likeness (QED) is 0.760. The number of rotatable bonds is 6. The van der Waals surface area contributed by atoms with Crippen molar-refractivity contribution in [2.45, 2.75) is 26.7 Å². The maximum absolute atomic E-state index is 13.8. The molecule has 1 aromatic rings. The van der Waals surface area contributed by atoms with Crippen LogP contribution in [0.15, 0.2) is 12.1 Å². The summed E-state index contributed by atoms with van der Waals surface area (Å²) in [7, 11) is 0. The molecular formula is C12H18FNO2. The van der Waals surface area contributed by atoms with Gasteiger partial charge in [-0.2, -0.15) is 4.39 Å². The molecule has 2 N–H and O–H groups in total. The van der Waals surface area contributed by atoms with E-state index >= 15 is 0 Å². The standard InChI is InChI=1S/C12H18FNO2/c1-3-5-15-10-7-9(14)8-11(12(10)13)16-6-4-2/h7-8H,3-6,14H2,1-2H3. The summed E-state index contributed by atoms with van der Waals surface area (Å²) < 4.78 is 24.3. The maximum atomic E-state index is 13.8. The van der Waals surface area contributed by atoms with E-state index in [1.54, 1.807) is 0 Å². The molecule has 4 heteroatoms. The monoisotopic (exact) mass is 227 g/mol. The van der Waals surface area contributed by atoms with Gasteiger partial charge in [0, 0.05) is 17.8 Å². The molecule has 0 radical (unpaired) electrons. The van der Waals surface area contributed by atoms with Crippen molar-refractivity contribution in [3.05, 3.63) is 17.9 Å². The Morgan fingerprint density at radius 3 is 1.88 bits per heavy atom. The van der Waals surface area contributed by atoms with Crippen molar-refractivity contribution in [3.63, 3.8) is 0 Å². The zero-order valence-corrected chi connectivity index (χ0v) is 9.75. The molecule has 1 aromatic carbocycles. The van der Waals surface area contributed by atoms with Crippen LogP contribution in [0.5, 0.6) is 11.5 Å². The van der Waals surface area contributed by atoms with Gasteiger partial charge in [-0.05, 0) is 12.8 Å². The fraction of sp³-hybridized carbons (Fsp3) is 0.500. The van der Waals surface area contributed by atoms with E-state index < -0.39 is 5.82 Å². The van der Waals surface area contributed by atoms with Crippen LogP contribution in [-0.2, 0) is 0 Å². The van der Waals surface area contributed by atoms with Crippen molar-refractivity contribution in [2.75, 3.05) is 18.9 Å². The predicted molar refractivity (Wildman–Crippen MR) is 62.4 cm³/mol. The smallest absolute Gasteiger partial charge is 0.206 e. The molecule has 0 saturated carbocycles. The van der Waals surface area contributed by atoms with Gasteiger partial charge in [-0.15, -0.1) is 0 Å². The minimum atomic E-state index is -0.476. The number of ether oxygens (including phenoxy) is 2. The van der Waals surface area contributed by atoms with Crippen LogP contribution in [0, 0.1) is 5.82 Å². The molecule has 0 aromatic heterocycles. The van der Waals surface area contributed by atoms with Crippen LogP contribution in [0.4, 0.5) is 10.1 Å². The number of hydrogen-bond acceptors (Lipinski definition) is 3. The summed E-state index contributed by atoms with van der Waals surface area (Å²) >= 11 is 0. The largest absolute Gasteiger partial charge is 0.490 e. The molecule has 16 heavy (non-hydrogen) atoms. The summed E-state index contributed by atoms with van der Waals surface area (Å²) in [5, 5.41) is 0. The first kappa shape index (κ1) is 12.6. The van der Waals surface area contributed by atoms with Gasteiger partial charge in [0.25, 0.3) is 0 Å². The Morgan fingerprint density at radius 1 is 1.06 bits per heavy atom. The fourth-order valence-corrected chi connectivity index (χ4v) is 1.23. The summed E-state index contributed by atoms with van der Waals surface area (Å²) in [6, 6.07) is 2.95. The van der Waals surface area contributed by atoms with E-state index in [0.29, 0.717) is 18.9 Å². The molecule has 0 amide bonds. The second-order valence-electron chi connectivity index (χ2n) is 3.53. The molecule has 0 fully saturated rings. The number of anilines is 1. The van der Waals surface area contributed by atoms with E-state index in [2.05, 4.69) is 0 Å². The highest BCUT2D eigenvalue weighted by atomic mass is 19.1. The second-order valence-corrected chi connectivity index (χ2v) is 3.53. The van der Waals surface area contributed by atoms with E-state index in [1.165, 1.54) is 12.1 Å². The van der Waals surface area contributed by atoms with Crippen LogP contribution in [0.25, 0.3) is 0 Å². The summed E-state index contributed by atoms with van der Waals surface area (Å²) in [6.07, 6.45) is 1.64. The maximum Gasteiger partial charge on any atom is 0.206 e. The normalized spacial score (nSPS) is 10.2. The zero-order valence-electron chi connectivity index (χ0n) is 9.75. The number of nitrogens with two attached hydrogens (primary N) is 1.